The molecule has 0 bridgehead atoms. The van der Waals surface area contributed by atoms with Crippen molar-refractivity contribution in [1.82, 2.24) is 10.3 Å². The molecule has 3 aromatic rings. The van der Waals surface area contributed by atoms with Gasteiger partial charge in [0.25, 0.3) is 0 Å². The van der Waals surface area contributed by atoms with E-state index in [2.05, 4.69) is 10.3 Å². The van der Waals surface area contributed by atoms with E-state index in [-0.39, 0.29) is 19.4 Å². The molecule has 0 saturated carbocycles. The molecule has 0 spiro atoms. The van der Waals surface area contributed by atoms with Crippen molar-refractivity contribution < 1.29 is 22.3 Å². The number of aromatic nitrogens is 1. The van der Waals surface area contributed by atoms with E-state index in [0.717, 1.165) is 0 Å². The van der Waals surface area contributed by atoms with Gasteiger partial charge in [-0.1, -0.05) is 39.0 Å². The van der Waals surface area contributed by atoms with Crippen molar-refractivity contribution in [3.63, 3.8) is 0 Å². The number of para-hydroxylation sites is 1. The number of pyridine rings is 1. The molecule has 32 heavy (non-hydrogen) atoms. The lowest BCUT2D eigenvalue weighted by Crippen LogP contribution is -2.60. The number of fused-ring (bicyclic) bond motifs is 1. The topological polar surface area (TPSA) is 34.2 Å². The molecule has 1 aromatic heterocycles. The third kappa shape index (κ3) is 4.72. The Labute approximate surface area is 185 Å². The largest absolute Gasteiger partial charge is 0.496 e. The highest BCUT2D eigenvalue weighted by atomic mass is 19.4. The number of likely N-dealkylation sites (N-methyl/N-ethyl adjacent to an activating group) is 1. The molecule has 0 aliphatic carbocycles. The van der Waals surface area contributed by atoms with Gasteiger partial charge in [0.05, 0.1) is 12.6 Å². The standard InChI is InChI=1S/C25H28F4N2O/c1-5-31-24(25(27,28)29,15-17-12-13-30-21-9-7-6-8-19(17)21)16-23(2,3)20-14-18(26)10-11-22(20)32-4/h6-14,31H,5,15-16H2,1-4H3. The Morgan fingerprint density at radius 2 is 1.75 bits per heavy atom. The quantitative estimate of drug-likeness (QED) is 0.417. The van der Waals surface area contributed by atoms with Crippen molar-refractivity contribution >= 4 is 10.9 Å². The Hall–Kier alpha value is -2.67. The van der Waals surface area contributed by atoms with E-state index in [1.807, 2.05) is 0 Å². The molecule has 0 amide bonds. The van der Waals surface area contributed by atoms with Crippen molar-refractivity contribution in [2.45, 2.75) is 50.7 Å². The second-order valence-corrected chi connectivity index (χ2v) is 8.68. The third-order valence-electron chi connectivity index (χ3n) is 5.92. The summed E-state index contributed by atoms with van der Waals surface area (Å²) in [6, 6.07) is 12.7. The van der Waals surface area contributed by atoms with E-state index in [0.29, 0.717) is 27.8 Å². The lowest BCUT2D eigenvalue weighted by molar-refractivity contribution is -0.202. The van der Waals surface area contributed by atoms with Gasteiger partial charge in [0.15, 0.2) is 0 Å². The second-order valence-electron chi connectivity index (χ2n) is 8.68. The summed E-state index contributed by atoms with van der Waals surface area (Å²) < 4.78 is 63.7. The summed E-state index contributed by atoms with van der Waals surface area (Å²) in [6.45, 7) is 5.15. The first-order chi connectivity index (χ1) is 15.0. The molecule has 0 saturated heterocycles. The van der Waals surface area contributed by atoms with Crippen LogP contribution in [0.4, 0.5) is 17.6 Å². The summed E-state index contributed by atoms with van der Waals surface area (Å²) in [5, 5.41) is 3.43. The highest BCUT2D eigenvalue weighted by Gasteiger charge is 2.56. The first-order valence-electron chi connectivity index (χ1n) is 10.5. The van der Waals surface area contributed by atoms with Crippen molar-refractivity contribution in [1.29, 1.82) is 0 Å². The van der Waals surface area contributed by atoms with Crippen LogP contribution in [0.1, 0.15) is 38.3 Å². The Morgan fingerprint density at radius 3 is 2.41 bits per heavy atom. The van der Waals surface area contributed by atoms with Gasteiger partial charge in [-0.25, -0.2) is 4.39 Å². The highest BCUT2D eigenvalue weighted by Crippen LogP contribution is 2.45. The first kappa shape index (κ1) is 24.0. The van der Waals surface area contributed by atoms with Crippen LogP contribution < -0.4 is 10.1 Å². The molecule has 0 radical (unpaired) electrons. The number of hydrogen-bond donors (Lipinski definition) is 1. The molecule has 0 aliphatic rings. The molecule has 1 N–H and O–H groups in total. The number of methoxy groups -OCH3 is 1. The number of nitrogens with one attached hydrogen (secondary N) is 1. The molecule has 3 nitrogen and oxygen atoms in total. The van der Waals surface area contributed by atoms with Crippen LogP contribution in [0.15, 0.2) is 54.7 Å². The third-order valence-corrected chi connectivity index (χ3v) is 5.92. The summed E-state index contributed by atoms with van der Waals surface area (Å²) >= 11 is 0. The van der Waals surface area contributed by atoms with Crippen LogP contribution in [0.25, 0.3) is 10.9 Å². The number of nitrogens with zero attached hydrogens (tertiary/aromatic N) is 1. The van der Waals surface area contributed by atoms with Crippen LogP contribution in [-0.2, 0) is 11.8 Å². The van der Waals surface area contributed by atoms with Crippen molar-refractivity contribution in [2.75, 3.05) is 13.7 Å². The van der Waals surface area contributed by atoms with Gasteiger partial charge in [-0.05, 0) is 54.3 Å². The minimum absolute atomic E-state index is 0.124. The zero-order valence-corrected chi connectivity index (χ0v) is 18.7. The molecule has 0 aliphatic heterocycles. The summed E-state index contributed by atoms with van der Waals surface area (Å²) in [4.78, 5) is 4.27. The van der Waals surface area contributed by atoms with Gasteiger partial charge < -0.3 is 10.1 Å². The molecule has 3 rings (SSSR count). The second kappa shape index (κ2) is 9.06. The number of rotatable bonds is 8. The highest BCUT2D eigenvalue weighted by molar-refractivity contribution is 5.82. The predicted molar refractivity (Wildman–Crippen MR) is 119 cm³/mol. The molecule has 1 atom stereocenters. The SMILES string of the molecule is CCNC(Cc1ccnc2ccccc12)(CC(C)(C)c1cc(F)ccc1OC)C(F)(F)F. The van der Waals surface area contributed by atoms with Crippen LogP contribution in [-0.4, -0.2) is 30.4 Å². The van der Waals surface area contributed by atoms with Gasteiger partial charge in [0, 0.05) is 23.6 Å². The summed E-state index contributed by atoms with van der Waals surface area (Å²) in [6.07, 6.45) is -3.63. The smallest absolute Gasteiger partial charge is 0.406 e. The molecular formula is C25H28F4N2O. The summed E-state index contributed by atoms with van der Waals surface area (Å²) in [7, 11) is 1.43. The fraction of sp³-hybridized carbons (Fsp3) is 0.400. The van der Waals surface area contributed by atoms with Gasteiger partial charge in [-0.3, -0.25) is 4.98 Å². The van der Waals surface area contributed by atoms with Crippen LogP contribution in [0.5, 0.6) is 5.75 Å². The van der Waals surface area contributed by atoms with Gasteiger partial charge in [-0.15, -0.1) is 0 Å². The van der Waals surface area contributed by atoms with Crippen molar-refractivity contribution in [3.8, 4) is 5.75 Å². The molecule has 7 heteroatoms. The van der Waals surface area contributed by atoms with E-state index >= 15 is 0 Å². The maximum absolute atomic E-state index is 14.8. The summed E-state index contributed by atoms with van der Waals surface area (Å²) in [5.74, 6) is -0.159. The minimum atomic E-state index is -4.56. The zero-order valence-electron chi connectivity index (χ0n) is 18.7. The molecule has 1 heterocycles. The number of halogens is 4. The van der Waals surface area contributed by atoms with Crippen molar-refractivity contribution in [2.24, 2.45) is 0 Å². The van der Waals surface area contributed by atoms with Gasteiger partial charge in [0.1, 0.15) is 17.1 Å². The fourth-order valence-corrected chi connectivity index (χ4v) is 4.52. The maximum Gasteiger partial charge on any atom is 0.406 e. The van der Waals surface area contributed by atoms with Crippen LogP contribution >= 0.6 is 0 Å². The molecule has 2 aromatic carbocycles. The van der Waals surface area contributed by atoms with E-state index in [9.17, 15) is 17.6 Å². The Balaban J connectivity index is 2.13. The normalized spacial score (nSPS) is 14.4. The lowest BCUT2D eigenvalue weighted by atomic mass is 9.70. The average molecular weight is 449 g/mol. The number of benzene rings is 2. The first-order valence-corrected chi connectivity index (χ1v) is 10.5. The van der Waals surface area contributed by atoms with E-state index in [1.165, 1.54) is 31.5 Å². The Morgan fingerprint density at radius 1 is 1.03 bits per heavy atom. The number of alkyl halides is 3. The van der Waals surface area contributed by atoms with Gasteiger partial charge in [0.2, 0.25) is 0 Å². The molecule has 1 unspecified atom stereocenters. The monoisotopic (exact) mass is 448 g/mol. The molecule has 172 valence electrons. The lowest BCUT2D eigenvalue weighted by Gasteiger charge is -2.43. The van der Waals surface area contributed by atoms with E-state index in [1.54, 1.807) is 51.1 Å². The van der Waals surface area contributed by atoms with Crippen LogP contribution in [0.3, 0.4) is 0 Å². The van der Waals surface area contributed by atoms with E-state index < -0.39 is 22.9 Å². The van der Waals surface area contributed by atoms with E-state index in [4.69, 9.17) is 4.74 Å². The molecular weight excluding hydrogens is 420 g/mol. The van der Waals surface area contributed by atoms with Crippen molar-refractivity contribution in [3.05, 3.63) is 71.7 Å². The zero-order chi connectivity index (χ0) is 23.6. The Bertz CT molecular complexity index is 1080. The van der Waals surface area contributed by atoms with Gasteiger partial charge >= 0.3 is 6.18 Å². The average Bonchev–Trinajstić information content (AvgIpc) is 2.73. The number of ether oxygens (including phenoxy) is 1. The predicted octanol–water partition coefficient (Wildman–Crippen LogP) is 6.20. The van der Waals surface area contributed by atoms with Gasteiger partial charge in [-0.2, -0.15) is 13.2 Å². The maximum atomic E-state index is 14.8. The van der Waals surface area contributed by atoms with Crippen LogP contribution in [0.2, 0.25) is 0 Å². The Kier molecular flexibility index (Phi) is 6.79. The van der Waals surface area contributed by atoms with Crippen LogP contribution in [0, 0.1) is 5.82 Å². The number of hydrogen-bond acceptors (Lipinski definition) is 3. The fourth-order valence-electron chi connectivity index (χ4n) is 4.52. The minimum Gasteiger partial charge on any atom is -0.496 e. The summed E-state index contributed by atoms with van der Waals surface area (Å²) in [5.41, 5.74) is -1.70. The molecule has 0 fully saturated rings.